The van der Waals surface area contributed by atoms with Gasteiger partial charge in [0.25, 0.3) is 0 Å². The van der Waals surface area contributed by atoms with Crippen LogP contribution in [0.4, 0.5) is 0 Å². The topological polar surface area (TPSA) is 82.1 Å². The van der Waals surface area contributed by atoms with Crippen LogP contribution in [0.25, 0.3) is 0 Å². The van der Waals surface area contributed by atoms with Crippen molar-refractivity contribution in [2.24, 2.45) is 0 Å². The molecule has 150 valence electrons. The summed E-state index contributed by atoms with van der Waals surface area (Å²) in [6, 6.07) is 0. The third-order valence-electron chi connectivity index (χ3n) is 5.50. The second-order valence-electron chi connectivity index (χ2n) is 7.59. The Morgan fingerprint density at radius 1 is 0.769 bits per heavy atom. The van der Waals surface area contributed by atoms with Crippen LogP contribution in [0.15, 0.2) is 0 Å². The van der Waals surface area contributed by atoms with Gasteiger partial charge in [-0.15, -0.1) is 0 Å². The molecule has 1 aliphatic carbocycles. The van der Waals surface area contributed by atoms with E-state index in [2.05, 4.69) is 0 Å². The summed E-state index contributed by atoms with van der Waals surface area (Å²) in [5.41, 5.74) is 0. The van der Waals surface area contributed by atoms with Crippen LogP contribution < -0.4 is 0 Å². The Kier molecular flexibility index (Phi) is 8.85. The molecule has 2 unspecified atom stereocenters. The van der Waals surface area contributed by atoms with Crippen molar-refractivity contribution in [3.05, 3.63) is 0 Å². The standard InChI is InChI=1S/C20H34O6/c1-24-19(23)17-16(18(21)22)25-20(26-17)14-12-10-8-6-4-2-3-5-7-9-11-13-15-20/h16-17H,2-15H2,1H3,(H,21,22). The molecular formula is C20H34O6. The smallest absolute Gasteiger partial charge is 0.338 e. The van der Waals surface area contributed by atoms with Gasteiger partial charge in [-0.1, -0.05) is 64.2 Å². The van der Waals surface area contributed by atoms with E-state index in [0.717, 1.165) is 25.7 Å². The number of carboxylic acids is 1. The zero-order valence-corrected chi connectivity index (χ0v) is 16.0. The first-order chi connectivity index (χ1) is 12.6. The molecule has 0 amide bonds. The average molecular weight is 370 g/mol. The number of hydrogen-bond donors (Lipinski definition) is 1. The lowest BCUT2D eigenvalue weighted by Crippen LogP contribution is -2.37. The normalized spacial score (nSPS) is 28.8. The van der Waals surface area contributed by atoms with Gasteiger partial charge in [-0.2, -0.15) is 0 Å². The molecule has 2 aliphatic rings. The first kappa shape index (κ1) is 21.2. The van der Waals surface area contributed by atoms with Crippen molar-refractivity contribution in [3.63, 3.8) is 0 Å². The van der Waals surface area contributed by atoms with E-state index in [-0.39, 0.29) is 0 Å². The van der Waals surface area contributed by atoms with Crippen molar-refractivity contribution in [1.82, 2.24) is 0 Å². The number of carboxylic acid groups (broad SMARTS) is 1. The van der Waals surface area contributed by atoms with Gasteiger partial charge in [-0.25, -0.2) is 9.59 Å². The van der Waals surface area contributed by atoms with Crippen LogP contribution in [0.3, 0.4) is 0 Å². The molecule has 0 aromatic rings. The average Bonchev–Trinajstić information content (AvgIpc) is 3.01. The van der Waals surface area contributed by atoms with E-state index in [9.17, 15) is 14.7 Å². The van der Waals surface area contributed by atoms with Crippen LogP contribution in [0.1, 0.15) is 89.9 Å². The van der Waals surface area contributed by atoms with E-state index in [0.29, 0.717) is 12.8 Å². The van der Waals surface area contributed by atoms with Gasteiger partial charge in [-0.3, -0.25) is 0 Å². The van der Waals surface area contributed by atoms with Crippen molar-refractivity contribution in [3.8, 4) is 0 Å². The summed E-state index contributed by atoms with van der Waals surface area (Å²) in [4.78, 5) is 23.5. The van der Waals surface area contributed by atoms with Crippen molar-refractivity contribution >= 4 is 11.9 Å². The molecule has 1 heterocycles. The van der Waals surface area contributed by atoms with Crippen LogP contribution in [-0.2, 0) is 23.8 Å². The summed E-state index contributed by atoms with van der Waals surface area (Å²) < 4.78 is 16.5. The lowest BCUT2D eigenvalue weighted by atomic mass is 9.99. The first-order valence-corrected chi connectivity index (χ1v) is 10.2. The lowest BCUT2D eigenvalue weighted by molar-refractivity contribution is -0.196. The summed E-state index contributed by atoms with van der Waals surface area (Å²) in [5.74, 6) is -2.82. The minimum Gasteiger partial charge on any atom is -0.479 e. The predicted octanol–water partition coefficient (Wildman–Crippen LogP) is 4.20. The molecule has 0 aromatic heterocycles. The van der Waals surface area contributed by atoms with E-state index < -0.39 is 29.9 Å². The number of carbonyl (C=O) groups excluding carboxylic acids is 1. The van der Waals surface area contributed by atoms with Gasteiger partial charge in [0.2, 0.25) is 0 Å². The van der Waals surface area contributed by atoms with Crippen LogP contribution in [-0.4, -0.2) is 42.1 Å². The number of rotatable bonds is 2. The van der Waals surface area contributed by atoms with E-state index >= 15 is 0 Å². The SMILES string of the molecule is COC(=O)C1OC2(CCCCCCCCCCCCCC2)OC1C(=O)O. The molecule has 1 saturated heterocycles. The number of methoxy groups -OCH3 is 1. The Labute approximate surface area is 156 Å². The summed E-state index contributed by atoms with van der Waals surface area (Å²) in [6.07, 6.45) is 12.9. The fourth-order valence-electron chi connectivity index (χ4n) is 4.00. The number of carbonyl (C=O) groups is 2. The maximum absolute atomic E-state index is 12.0. The Morgan fingerprint density at radius 2 is 1.15 bits per heavy atom. The van der Waals surface area contributed by atoms with Gasteiger partial charge in [0.15, 0.2) is 18.0 Å². The second-order valence-corrected chi connectivity index (χ2v) is 7.59. The zero-order valence-electron chi connectivity index (χ0n) is 16.0. The number of esters is 1. The third-order valence-corrected chi connectivity index (χ3v) is 5.50. The predicted molar refractivity (Wildman–Crippen MR) is 96.8 cm³/mol. The fourth-order valence-corrected chi connectivity index (χ4v) is 4.00. The highest BCUT2D eigenvalue weighted by Gasteiger charge is 2.53. The number of hydrogen-bond acceptors (Lipinski definition) is 5. The molecule has 26 heavy (non-hydrogen) atoms. The maximum atomic E-state index is 12.0. The molecule has 6 heteroatoms. The van der Waals surface area contributed by atoms with Crippen molar-refractivity contribution < 1.29 is 28.9 Å². The number of aliphatic carboxylic acids is 1. The minimum absolute atomic E-state index is 0.629. The third kappa shape index (κ3) is 6.23. The molecule has 0 radical (unpaired) electrons. The molecular weight excluding hydrogens is 336 g/mol. The van der Waals surface area contributed by atoms with Gasteiger partial charge in [0.05, 0.1) is 7.11 Å². The first-order valence-electron chi connectivity index (χ1n) is 10.2. The fraction of sp³-hybridized carbons (Fsp3) is 0.900. The highest BCUT2D eigenvalue weighted by atomic mass is 16.8. The van der Waals surface area contributed by atoms with Crippen molar-refractivity contribution in [2.75, 3.05) is 7.11 Å². The monoisotopic (exact) mass is 370 g/mol. The Balaban J connectivity index is 2.02. The van der Waals surface area contributed by atoms with Gasteiger partial charge in [-0.05, 0) is 12.8 Å². The van der Waals surface area contributed by atoms with E-state index in [1.807, 2.05) is 0 Å². The van der Waals surface area contributed by atoms with Gasteiger partial charge in [0, 0.05) is 12.8 Å². The van der Waals surface area contributed by atoms with Gasteiger partial charge < -0.3 is 19.3 Å². The van der Waals surface area contributed by atoms with Crippen LogP contribution in [0.5, 0.6) is 0 Å². The summed E-state index contributed by atoms with van der Waals surface area (Å²) in [6.45, 7) is 0. The largest absolute Gasteiger partial charge is 0.479 e. The second kappa shape index (κ2) is 10.9. The summed E-state index contributed by atoms with van der Waals surface area (Å²) in [5, 5.41) is 9.44. The lowest BCUT2D eigenvalue weighted by Gasteiger charge is -2.28. The molecule has 2 rings (SSSR count). The highest BCUT2D eigenvalue weighted by molar-refractivity contribution is 5.85. The van der Waals surface area contributed by atoms with E-state index in [1.165, 1.54) is 58.5 Å². The van der Waals surface area contributed by atoms with E-state index in [4.69, 9.17) is 14.2 Å². The Hall–Kier alpha value is -1.14. The van der Waals surface area contributed by atoms with Crippen molar-refractivity contribution in [2.45, 2.75) is 108 Å². The van der Waals surface area contributed by atoms with Crippen LogP contribution >= 0.6 is 0 Å². The van der Waals surface area contributed by atoms with Crippen LogP contribution in [0.2, 0.25) is 0 Å². The Bertz CT molecular complexity index is 434. The molecule has 1 saturated carbocycles. The zero-order chi connectivity index (χ0) is 18.8. The number of ether oxygens (including phenoxy) is 3. The summed E-state index contributed by atoms with van der Waals surface area (Å²) in [7, 11) is 1.24. The molecule has 6 nitrogen and oxygen atoms in total. The van der Waals surface area contributed by atoms with Gasteiger partial charge >= 0.3 is 11.9 Å². The van der Waals surface area contributed by atoms with E-state index in [1.54, 1.807) is 0 Å². The molecule has 0 aromatic carbocycles. The van der Waals surface area contributed by atoms with Crippen LogP contribution in [0, 0.1) is 0 Å². The molecule has 1 aliphatic heterocycles. The summed E-state index contributed by atoms with van der Waals surface area (Å²) >= 11 is 0. The molecule has 1 N–H and O–H groups in total. The van der Waals surface area contributed by atoms with Gasteiger partial charge in [0.1, 0.15) is 0 Å². The van der Waals surface area contributed by atoms with Crippen molar-refractivity contribution in [1.29, 1.82) is 0 Å². The maximum Gasteiger partial charge on any atom is 0.338 e. The molecule has 0 bridgehead atoms. The minimum atomic E-state index is -1.29. The molecule has 1 spiro atoms. The molecule has 2 atom stereocenters. The Morgan fingerprint density at radius 3 is 1.54 bits per heavy atom. The quantitative estimate of drug-likeness (QED) is 0.734. The highest BCUT2D eigenvalue weighted by Crippen LogP contribution is 2.38. The molecule has 2 fully saturated rings.